The second-order valence-electron chi connectivity index (χ2n) is 8.25. The summed E-state index contributed by atoms with van der Waals surface area (Å²) in [6, 6.07) is 14.3. The number of benzene rings is 2. The van der Waals surface area contributed by atoms with Crippen molar-refractivity contribution in [1.29, 1.82) is 0 Å². The molecule has 1 amide bonds. The van der Waals surface area contributed by atoms with Crippen molar-refractivity contribution in [3.63, 3.8) is 0 Å². The van der Waals surface area contributed by atoms with E-state index in [1.165, 1.54) is 5.56 Å². The van der Waals surface area contributed by atoms with Crippen LogP contribution in [0.4, 0.5) is 0 Å². The topological polar surface area (TPSA) is 71.0 Å². The number of fused-ring (bicyclic) bond motifs is 1. The summed E-state index contributed by atoms with van der Waals surface area (Å²) in [6.45, 7) is 5.76. The molecule has 0 saturated carbocycles. The number of nitrogens with zero attached hydrogens (tertiary/aromatic N) is 1. The fourth-order valence-electron chi connectivity index (χ4n) is 3.93. The van der Waals surface area contributed by atoms with Gasteiger partial charge in [-0.2, -0.15) is 0 Å². The summed E-state index contributed by atoms with van der Waals surface area (Å²) in [5.74, 6) is 1.79. The highest BCUT2D eigenvalue weighted by molar-refractivity contribution is 5.78. The lowest BCUT2D eigenvalue weighted by molar-refractivity contribution is -0.122. The van der Waals surface area contributed by atoms with E-state index in [0.29, 0.717) is 39.4 Å². The summed E-state index contributed by atoms with van der Waals surface area (Å²) in [7, 11) is 0. The van der Waals surface area contributed by atoms with Gasteiger partial charge in [0.2, 0.25) is 5.91 Å². The van der Waals surface area contributed by atoms with Crippen LogP contribution in [-0.4, -0.2) is 48.8 Å². The Morgan fingerprint density at radius 3 is 2.66 bits per heavy atom. The van der Waals surface area contributed by atoms with Crippen molar-refractivity contribution in [3.05, 3.63) is 59.2 Å². The van der Waals surface area contributed by atoms with Gasteiger partial charge in [-0.25, -0.2) is 0 Å². The maximum absolute atomic E-state index is 12.6. The van der Waals surface area contributed by atoms with E-state index in [2.05, 4.69) is 34.5 Å². The molecule has 174 valence electrons. The minimum absolute atomic E-state index is 0.0501. The van der Waals surface area contributed by atoms with Crippen molar-refractivity contribution in [2.45, 2.75) is 52.1 Å². The van der Waals surface area contributed by atoms with E-state index in [0.717, 1.165) is 54.7 Å². The summed E-state index contributed by atoms with van der Waals surface area (Å²) in [6.07, 6.45) is 4.51. The number of carbonyl (C=O) groups is 1. The van der Waals surface area contributed by atoms with Crippen LogP contribution in [0, 0.1) is 0 Å². The number of aliphatic hydroxyl groups is 1. The smallest absolute Gasteiger partial charge is 0.234 e. The van der Waals surface area contributed by atoms with Crippen molar-refractivity contribution >= 4 is 5.91 Å². The molecule has 2 aromatic carbocycles. The fourth-order valence-corrected chi connectivity index (χ4v) is 3.93. The molecule has 1 aliphatic heterocycles. The van der Waals surface area contributed by atoms with Crippen LogP contribution in [0.25, 0.3) is 0 Å². The zero-order valence-electron chi connectivity index (χ0n) is 19.1. The average molecular weight is 441 g/mol. The molecule has 1 heterocycles. The van der Waals surface area contributed by atoms with Gasteiger partial charge in [0.15, 0.2) is 0 Å². The Hall–Kier alpha value is -2.57. The van der Waals surface area contributed by atoms with Gasteiger partial charge in [0.25, 0.3) is 0 Å². The molecule has 1 aliphatic rings. The zero-order valence-corrected chi connectivity index (χ0v) is 19.1. The second kappa shape index (κ2) is 13.1. The van der Waals surface area contributed by atoms with E-state index in [-0.39, 0.29) is 12.5 Å². The molecule has 0 unspecified atom stereocenters. The number of hydrogen-bond acceptors (Lipinski definition) is 5. The minimum atomic E-state index is 0.0501. The number of carbonyl (C=O) groups excluding carboxylic acids is 1. The molecule has 0 spiro atoms. The van der Waals surface area contributed by atoms with Crippen LogP contribution in [0.15, 0.2) is 42.5 Å². The Balaban J connectivity index is 1.82. The highest BCUT2D eigenvalue weighted by atomic mass is 16.5. The Morgan fingerprint density at radius 2 is 1.88 bits per heavy atom. The van der Waals surface area contributed by atoms with E-state index in [9.17, 15) is 9.90 Å². The van der Waals surface area contributed by atoms with Crippen LogP contribution in [0.1, 0.15) is 49.3 Å². The molecule has 0 bridgehead atoms. The molecule has 0 saturated heterocycles. The number of rotatable bonds is 7. The maximum atomic E-state index is 12.6. The third-order valence-corrected chi connectivity index (χ3v) is 5.55. The first-order valence-corrected chi connectivity index (χ1v) is 11.7. The van der Waals surface area contributed by atoms with Gasteiger partial charge in [0, 0.05) is 31.8 Å². The number of aliphatic hydroxyl groups excluding tert-OH is 1. The molecule has 0 aliphatic carbocycles. The van der Waals surface area contributed by atoms with Crippen LogP contribution >= 0.6 is 0 Å². The Morgan fingerprint density at radius 1 is 1.06 bits per heavy atom. The minimum Gasteiger partial charge on any atom is -0.494 e. The zero-order chi connectivity index (χ0) is 22.6. The Kier molecular flexibility index (Phi) is 9.85. The Labute approximate surface area is 191 Å². The van der Waals surface area contributed by atoms with Gasteiger partial charge in [-0.1, -0.05) is 24.3 Å². The van der Waals surface area contributed by atoms with Gasteiger partial charge in [-0.3, -0.25) is 9.69 Å². The van der Waals surface area contributed by atoms with Gasteiger partial charge in [-0.05, 0) is 68.4 Å². The third kappa shape index (κ3) is 7.84. The van der Waals surface area contributed by atoms with E-state index in [1.54, 1.807) is 0 Å². The predicted octanol–water partition coefficient (Wildman–Crippen LogP) is 3.69. The van der Waals surface area contributed by atoms with Crippen molar-refractivity contribution in [1.82, 2.24) is 10.2 Å². The summed E-state index contributed by atoms with van der Waals surface area (Å²) in [4.78, 5) is 14.8. The third-order valence-electron chi connectivity index (χ3n) is 5.55. The van der Waals surface area contributed by atoms with E-state index in [1.807, 2.05) is 25.1 Å². The monoisotopic (exact) mass is 440 g/mol. The van der Waals surface area contributed by atoms with Gasteiger partial charge in [-0.15, -0.1) is 0 Å². The molecule has 2 aromatic rings. The van der Waals surface area contributed by atoms with Crippen LogP contribution in [0.3, 0.4) is 0 Å². The first-order chi connectivity index (χ1) is 15.7. The molecular formula is C26H36N2O4. The number of ether oxygens (including phenoxy) is 2. The molecule has 0 atom stereocenters. The summed E-state index contributed by atoms with van der Waals surface area (Å²) >= 11 is 0. The highest BCUT2D eigenvalue weighted by Crippen LogP contribution is 2.25. The molecule has 3 rings (SSSR count). The van der Waals surface area contributed by atoms with E-state index < -0.39 is 0 Å². The quantitative estimate of drug-likeness (QED) is 0.687. The van der Waals surface area contributed by atoms with Crippen molar-refractivity contribution in [2.75, 3.05) is 32.9 Å². The molecule has 2 N–H and O–H groups in total. The SMILES string of the molecule is CCOc1ccc(CN2CC(=O)NCCCCCOc3ccc(CCCO)cc3C2)cc1. The van der Waals surface area contributed by atoms with Crippen LogP contribution in [0.5, 0.6) is 11.5 Å². The number of nitrogens with one attached hydrogen (secondary N) is 1. The largest absolute Gasteiger partial charge is 0.494 e. The number of hydrogen-bond donors (Lipinski definition) is 2. The van der Waals surface area contributed by atoms with Gasteiger partial charge < -0.3 is 19.9 Å². The predicted molar refractivity (Wildman–Crippen MR) is 126 cm³/mol. The van der Waals surface area contributed by atoms with E-state index >= 15 is 0 Å². The molecule has 6 heteroatoms. The van der Waals surface area contributed by atoms with Crippen molar-refractivity contribution in [3.8, 4) is 11.5 Å². The lowest BCUT2D eigenvalue weighted by Crippen LogP contribution is -2.37. The molecule has 6 nitrogen and oxygen atoms in total. The molecule has 0 radical (unpaired) electrons. The Bertz CT molecular complexity index is 838. The van der Waals surface area contributed by atoms with Crippen molar-refractivity contribution in [2.24, 2.45) is 0 Å². The second-order valence-corrected chi connectivity index (χ2v) is 8.25. The van der Waals surface area contributed by atoms with Crippen LogP contribution < -0.4 is 14.8 Å². The fraction of sp³-hybridized carbons (Fsp3) is 0.500. The average Bonchev–Trinajstić information content (AvgIpc) is 2.80. The summed E-state index contributed by atoms with van der Waals surface area (Å²) in [5.41, 5.74) is 3.39. The van der Waals surface area contributed by atoms with Gasteiger partial charge in [0.05, 0.1) is 19.8 Å². The number of aryl methyl sites for hydroxylation is 1. The molecule has 32 heavy (non-hydrogen) atoms. The summed E-state index contributed by atoms with van der Waals surface area (Å²) < 4.78 is 11.7. The summed E-state index contributed by atoms with van der Waals surface area (Å²) in [5, 5.41) is 12.3. The highest BCUT2D eigenvalue weighted by Gasteiger charge is 2.16. The maximum Gasteiger partial charge on any atom is 0.234 e. The first kappa shape index (κ1) is 24.1. The van der Waals surface area contributed by atoms with Crippen molar-refractivity contribution < 1.29 is 19.4 Å². The molecular weight excluding hydrogens is 404 g/mol. The van der Waals surface area contributed by atoms with Crippen LogP contribution in [0.2, 0.25) is 0 Å². The lowest BCUT2D eigenvalue weighted by Gasteiger charge is -2.24. The molecule has 0 aromatic heterocycles. The standard InChI is InChI=1S/C26H36N2O4/c1-2-31-24-11-8-22(9-12-24)18-28-19-23-17-21(7-6-15-29)10-13-25(23)32-16-5-3-4-14-27-26(30)20-28/h8-13,17,29H,2-7,14-16,18-20H2,1H3,(H,27,30). The number of amides is 1. The van der Waals surface area contributed by atoms with Gasteiger partial charge >= 0.3 is 0 Å². The first-order valence-electron chi connectivity index (χ1n) is 11.7. The molecule has 0 fully saturated rings. The lowest BCUT2D eigenvalue weighted by atomic mass is 10.0. The van der Waals surface area contributed by atoms with E-state index in [4.69, 9.17) is 9.47 Å². The van der Waals surface area contributed by atoms with Crippen LogP contribution in [-0.2, 0) is 24.3 Å². The normalized spacial score (nSPS) is 16.0. The van der Waals surface area contributed by atoms with Gasteiger partial charge in [0.1, 0.15) is 11.5 Å².